The predicted octanol–water partition coefficient (Wildman–Crippen LogP) is 7.30. The molecule has 0 saturated heterocycles. The highest BCUT2D eigenvalue weighted by Gasteiger charge is 2.07. The summed E-state index contributed by atoms with van der Waals surface area (Å²) < 4.78 is 31.1. The molecule has 0 aliphatic carbocycles. The Labute approximate surface area is 229 Å². The zero-order valence-corrected chi connectivity index (χ0v) is 22.9. The minimum absolute atomic E-state index is 0.697. The number of aryl methyl sites for hydroxylation is 4. The molecule has 0 atom stereocenters. The zero-order chi connectivity index (χ0) is 27.0. The van der Waals surface area contributed by atoms with Gasteiger partial charge in [0.05, 0.1) is 16.4 Å². The summed E-state index contributed by atoms with van der Waals surface area (Å²) in [4.78, 5) is 8.52. The molecular formula is C28H28Cl2N2O4S. The standard InChI is InChI=1S/C21H20Cl2N2O.C7H8.O3S/c1-2-19-21(23)20(25-14-24-19)5-3-4-15-6-10-17(11-7-15)26-18-12-8-16(22)9-13-18;1-7-5-3-2-4-6-7;1-4(2)3/h6-14H,2-5H2,1H3;2-6H,1H3;. The second-order valence-electron chi connectivity index (χ2n) is 7.85. The molecule has 3 aromatic carbocycles. The van der Waals surface area contributed by atoms with Gasteiger partial charge >= 0.3 is 10.6 Å². The zero-order valence-electron chi connectivity index (χ0n) is 20.6. The summed E-state index contributed by atoms with van der Waals surface area (Å²) in [5.74, 6) is 1.58. The van der Waals surface area contributed by atoms with Crippen molar-refractivity contribution in [2.24, 2.45) is 0 Å². The SMILES string of the molecule is CCc1ncnc(CCCc2ccc(Oc3ccc(Cl)cc3)cc2)c1Cl.Cc1ccccc1.O=S(=O)=O. The molecule has 0 saturated carbocycles. The van der Waals surface area contributed by atoms with Crippen LogP contribution in [0.5, 0.6) is 11.5 Å². The smallest absolute Gasteiger partial charge is 0.425 e. The molecule has 6 nitrogen and oxygen atoms in total. The van der Waals surface area contributed by atoms with Crippen molar-refractivity contribution in [3.05, 3.63) is 118 Å². The molecule has 0 unspecified atom stereocenters. The van der Waals surface area contributed by atoms with Crippen molar-refractivity contribution in [1.29, 1.82) is 0 Å². The molecule has 0 aliphatic heterocycles. The first-order chi connectivity index (χ1) is 17.8. The van der Waals surface area contributed by atoms with Crippen molar-refractivity contribution in [2.45, 2.75) is 39.5 Å². The average Bonchev–Trinajstić information content (AvgIpc) is 2.88. The molecule has 4 rings (SSSR count). The Morgan fingerprint density at radius 3 is 1.81 bits per heavy atom. The lowest BCUT2D eigenvalue weighted by molar-refractivity contribution is 0.482. The summed E-state index contributed by atoms with van der Waals surface area (Å²) in [5.41, 5.74) is 4.43. The van der Waals surface area contributed by atoms with E-state index in [1.807, 2.05) is 61.5 Å². The van der Waals surface area contributed by atoms with E-state index < -0.39 is 10.6 Å². The van der Waals surface area contributed by atoms with E-state index in [1.165, 1.54) is 11.1 Å². The highest BCUT2D eigenvalue weighted by Crippen LogP contribution is 2.24. The lowest BCUT2D eigenvalue weighted by atomic mass is 10.1. The maximum absolute atomic E-state index is 8.44. The minimum atomic E-state index is -3.11. The van der Waals surface area contributed by atoms with E-state index in [4.69, 9.17) is 40.6 Å². The number of halogens is 2. The third kappa shape index (κ3) is 12.0. The van der Waals surface area contributed by atoms with Gasteiger partial charge in [-0.3, -0.25) is 0 Å². The normalized spacial score (nSPS) is 9.84. The average molecular weight is 560 g/mol. The summed E-state index contributed by atoms with van der Waals surface area (Å²) >= 11 is 12.2. The third-order valence-corrected chi connectivity index (χ3v) is 5.75. The van der Waals surface area contributed by atoms with Crippen LogP contribution in [-0.4, -0.2) is 22.6 Å². The van der Waals surface area contributed by atoms with Crippen LogP contribution in [0.25, 0.3) is 0 Å². The molecule has 1 aromatic heterocycles. The number of ether oxygens (including phenoxy) is 1. The van der Waals surface area contributed by atoms with Crippen molar-refractivity contribution in [1.82, 2.24) is 9.97 Å². The number of hydrogen-bond donors (Lipinski definition) is 0. The summed E-state index contributed by atoms with van der Waals surface area (Å²) in [6.07, 6.45) is 5.21. The quantitative estimate of drug-likeness (QED) is 0.236. The van der Waals surface area contributed by atoms with Crippen molar-refractivity contribution >= 4 is 33.8 Å². The van der Waals surface area contributed by atoms with Crippen LogP contribution in [0.3, 0.4) is 0 Å². The van der Waals surface area contributed by atoms with Gasteiger partial charge < -0.3 is 4.74 Å². The monoisotopic (exact) mass is 558 g/mol. The first kappa shape index (κ1) is 30.0. The van der Waals surface area contributed by atoms with E-state index in [0.717, 1.165) is 48.6 Å². The van der Waals surface area contributed by atoms with Crippen LogP contribution >= 0.6 is 23.2 Å². The maximum atomic E-state index is 8.44. The molecule has 0 N–H and O–H groups in total. The number of nitrogens with zero attached hydrogens (tertiary/aromatic N) is 2. The van der Waals surface area contributed by atoms with Gasteiger partial charge in [-0.2, -0.15) is 0 Å². The van der Waals surface area contributed by atoms with Gasteiger partial charge in [0.2, 0.25) is 0 Å². The topological polar surface area (TPSA) is 86.2 Å². The van der Waals surface area contributed by atoms with E-state index in [1.54, 1.807) is 6.33 Å². The summed E-state index contributed by atoms with van der Waals surface area (Å²) in [6, 6.07) is 25.7. The third-order valence-electron chi connectivity index (χ3n) is 5.06. The van der Waals surface area contributed by atoms with E-state index in [0.29, 0.717) is 10.0 Å². The van der Waals surface area contributed by atoms with Gasteiger partial charge in [0.1, 0.15) is 17.8 Å². The van der Waals surface area contributed by atoms with E-state index in [-0.39, 0.29) is 0 Å². The maximum Gasteiger partial charge on any atom is 0.425 e. The van der Waals surface area contributed by atoms with Crippen molar-refractivity contribution in [3.63, 3.8) is 0 Å². The molecule has 1 heterocycles. The van der Waals surface area contributed by atoms with Crippen LogP contribution in [-0.2, 0) is 29.9 Å². The van der Waals surface area contributed by atoms with Crippen molar-refractivity contribution < 1.29 is 17.4 Å². The van der Waals surface area contributed by atoms with Crippen molar-refractivity contribution in [3.8, 4) is 11.5 Å². The Morgan fingerprint density at radius 1 is 0.757 bits per heavy atom. The Hall–Kier alpha value is -3.26. The van der Waals surface area contributed by atoms with Crippen LogP contribution < -0.4 is 4.74 Å². The predicted molar refractivity (Wildman–Crippen MR) is 147 cm³/mol. The second-order valence-corrected chi connectivity index (χ2v) is 9.07. The van der Waals surface area contributed by atoms with Gasteiger partial charge in [0, 0.05) is 5.02 Å². The first-order valence-corrected chi connectivity index (χ1v) is 13.3. The molecule has 0 bridgehead atoms. The van der Waals surface area contributed by atoms with Gasteiger partial charge in [0.15, 0.2) is 0 Å². The first-order valence-electron chi connectivity index (χ1n) is 11.6. The Morgan fingerprint density at radius 2 is 1.30 bits per heavy atom. The molecule has 0 radical (unpaired) electrons. The van der Waals surface area contributed by atoms with Crippen LogP contribution in [0.2, 0.25) is 10.0 Å². The van der Waals surface area contributed by atoms with Gasteiger partial charge in [-0.15, -0.1) is 12.6 Å². The number of benzene rings is 3. The van der Waals surface area contributed by atoms with Gasteiger partial charge in [-0.05, 0) is 74.6 Å². The minimum Gasteiger partial charge on any atom is -0.457 e. The molecule has 0 spiro atoms. The Kier molecular flexibility index (Phi) is 13.3. The molecule has 37 heavy (non-hydrogen) atoms. The molecule has 0 amide bonds. The van der Waals surface area contributed by atoms with Gasteiger partial charge in [-0.25, -0.2) is 9.97 Å². The number of aromatic nitrogens is 2. The molecule has 9 heteroatoms. The van der Waals surface area contributed by atoms with Crippen LogP contribution in [0.1, 0.15) is 35.9 Å². The molecular weight excluding hydrogens is 531 g/mol. The highest BCUT2D eigenvalue weighted by atomic mass is 35.5. The van der Waals surface area contributed by atoms with E-state index in [2.05, 4.69) is 41.2 Å². The fourth-order valence-electron chi connectivity index (χ4n) is 3.23. The van der Waals surface area contributed by atoms with Crippen LogP contribution in [0, 0.1) is 6.92 Å². The van der Waals surface area contributed by atoms with Crippen LogP contribution in [0.4, 0.5) is 0 Å². The number of rotatable bonds is 7. The van der Waals surface area contributed by atoms with Gasteiger partial charge in [-0.1, -0.05) is 78.2 Å². The summed E-state index contributed by atoms with van der Waals surface area (Å²) in [7, 11) is -3.11. The van der Waals surface area contributed by atoms with E-state index >= 15 is 0 Å². The molecule has 4 aromatic rings. The lowest BCUT2D eigenvalue weighted by Crippen LogP contribution is -1.99. The van der Waals surface area contributed by atoms with Gasteiger partial charge in [0.25, 0.3) is 0 Å². The highest BCUT2D eigenvalue weighted by molar-refractivity contribution is 7.59. The second kappa shape index (κ2) is 16.5. The largest absolute Gasteiger partial charge is 0.457 e. The summed E-state index contributed by atoms with van der Waals surface area (Å²) in [6.45, 7) is 4.13. The van der Waals surface area contributed by atoms with Crippen LogP contribution in [0.15, 0.2) is 85.2 Å². The Bertz CT molecular complexity index is 1330. The fourth-order valence-corrected chi connectivity index (χ4v) is 3.68. The molecule has 194 valence electrons. The molecule has 0 fully saturated rings. The van der Waals surface area contributed by atoms with E-state index in [9.17, 15) is 0 Å². The summed E-state index contributed by atoms with van der Waals surface area (Å²) in [5, 5.41) is 1.41. The molecule has 0 aliphatic rings. The van der Waals surface area contributed by atoms with Crippen molar-refractivity contribution in [2.75, 3.05) is 0 Å². The number of hydrogen-bond acceptors (Lipinski definition) is 6. The Balaban J connectivity index is 0.000000363. The lowest BCUT2D eigenvalue weighted by Gasteiger charge is -2.08. The fraction of sp³-hybridized carbons (Fsp3) is 0.214.